The molecule has 2 aromatic carbocycles. The molecule has 0 aliphatic rings. The van der Waals surface area contributed by atoms with Gasteiger partial charge in [-0.25, -0.2) is 4.39 Å². The highest BCUT2D eigenvalue weighted by molar-refractivity contribution is 7.84. The minimum atomic E-state index is -4.82. The lowest BCUT2D eigenvalue weighted by Crippen LogP contribution is -2.17. The zero-order valence-electron chi connectivity index (χ0n) is 12.2. The minimum absolute atomic E-state index is 0.00153. The lowest BCUT2D eigenvalue weighted by molar-refractivity contribution is -0.274. The average molecular weight is 361 g/mol. The van der Waals surface area contributed by atoms with E-state index in [0.717, 1.165) is 30.3 Å². The van der Waals surface area contributed by atoms with Gasteiger partial charge in [0.1, 0.15) is 11.6 Å². The fourth-order valence-electron chi connectivity index (χ4n) is 1.82. The van der Waals surface area contributed by atoms with E-state index in [1.54, 1.807) is 0 Å². The number of halogens is 4. The first kappa shape index (κ1) is 17.9. The van der Waals surface area contributed by atoms with Crippen LogP contribution < -0.4 is 10.1 Å². The molecule has 1 amide bonds. The maximum atomic E-state index is 13.7. The van der Waals surface area contributed by atoms with E-state index in [2.05, 4.69) is 10.1 Å². The lowest BCUT2D eigenvalue weighted by Gasteiger charge is -2.10. The summed E-state index contributed by atoms with van der Waals surface area (Å²) in [7, 11) is -1.50. The van der Waals surface area contributed by atoms with Crippen LogP contribution in [0.4, 0.5) is 23.2 Å². The van der Waals surface area contributed by atoms with Gasteiger partial charge in [-0.1, -0.05) is 0 Å². The van der Waals surface area contributed by atoms with E-state index in [0.29, 0.717) is 0 Å². The highest BCUT2D eigenvalue weighted by Crippen LogP contribution is 2.23. The van der Waals surface area contributed by atoms with Crippen LogP contribution in [0, 0.1) is 5.82 Å². The molecule has 24 heavy (non-hydrogen) atoms. The number of ether oxygens (including phenoxy) is 1. The Kier molecular flexibility index (Phi) is 5.23. The summed E-state index contributed by atoms with van der Waals surface area (Å²) in [5.74, 6) is -1.83. The summed E-state index contributed by atoms with van der Waals surface area (Å²) in [6.07, 6.45) is -3.50. The van der Waals surface area contributed by atoms with E-state index in [9.17, 15) is 26.6 Å². The monoisotopic (exact) mass is 361 g/mol. The van der Waals surface area contributed by atoms with E-state index in [1.165, 1.54) is 18.4 Å². The summed E-state index contributed by atoms with van der Waals surface area (Å²) in [5.41, 5.74) is 0.190. The van der Waals surface area contributed by atoms with E-state index >= 15 is 0 Å². The molecule has 0 saturated carbocycles. The highest BCUT2D eigenvalue weighted by atomic mass is 32.2. The molecular formula is C15H11F4NO3S. The first-order valence-corrected chi connectivity index (χ1v) is 8.01. The normalized spacial score (nSPS) is 12.5. The Balaban J connectivity index is 2.10. The van der Waals surface area contributed by atoms with Crippen LogP contribution in [-0.4, -0.2) is 22.7 Å². The third kappa shape index (κ3) is 4.79. The van der Waals surface area contributed by atoms with Crippen LogP contribution in [0.25, 0.3) is 0 Å². The number of carbonyl (C=O) groups excluding carboxylic acids is 1. The zero-order valence-corrected chi connectivity index (χ0v) is 13.0. The summed E-state index contributed by atoms with van der Waals surface area (Å²) in [5, 5.41) is 2.39. The van der Waals surface area contributed by atoms with Gasteiger partial charge in [0.15, 0.2) is 0 Å². The molecule has 0 heterocycles. The van der Waals surface area contributed by atoms with Crippen LogP contribution in [-0.2, 0) is 10.8 Å². The average Bonchev–Trinajstić information content (AvgIpc) is 2.45. The number of carbonyl (C=O) groups is 1. The van der Waals surface area contributed by atoms with Crippen molar-refractivity contribution in [1.82, 2.24) is 0 Å². The number of benzene rings is 2. The zero-order chi connectivity index (χ0) is 17.9. The first-order chi connectivity index (χ1) is 11.2. The van der Waals surface area contributed by atoms with Gasteiger partial charge in [-0.15, -0.1) is 13.2 Å². The molecular weight excluding hydrogens is 350 g/mol. The van der Waals surface area contributed by atoms with Crippen molar-refractivity contribution in [1.29, 1.82) is 0 Å². The Morgan fingerprint density at radius 3 is 2.25 bits per heavy atom. The molecule has 4 nitrogen and oxygen atoms in total. The van der Waals surface area contributed by atoms with Crippen molar-refractivity contribution >= 4 is 22.4 Å². The van der Waals surface area contributed by atoms with Crippen LogP contribution >= 0.6 is 0 Å². The van der Waals surface area contributed by atoms with Crippen LogP contribution in [0.15, 0.2) is 47.4 Å². The second kappa shape index (κ2) is 7.00. The maximum absolute atomic E-state index is 13.7. The van der Waals surface area contributed by atoms with Gasteiger partial charge >= 0.3 is 6.36 Å². The standard InChI is InChI=1S/C15H11F4NO3S/c1-24(22)13-7-4-10(8-12(13)16)20-14(21)9-2-5-11(6-3-9)23-15(17,18)19/h2-8H,1H3,(H,20,21)/t24-/m1/s1. The first-order valence-electron chi connectivity index (χ1n) is 6.46. The van der Waals surface area contributed by atoms with E-state index in [1.807, 2.05) is 0 Å². The third-order valence-electron chi connectivity index (χ3n) is 2.85. The number of nitrogens with one attached hydrogen (secondary N) is 1. The molecule has 128 valence electrons. The third-order valence-corrected chi connectivity index (χ3v) is 3.80. The summed E-state index contributed by atoms with van der Waals surface area (Å²) < 4.78 is 64.8. The molecule has 0 unspecified atom stereocenters. The molecule has 0 aromatic heterocycles. The van der Waals surface area contributed by atoms with Gasteiger partial charge in [-0.3, -0.25) is 9.00 Å². The van der Waals surface area contributed by atoms with Crippen molar-refractivity contribution in [2.45, 2.75) is 11.3 Å². The molecule has 0 saturated heterocycles. The molecule has 0 spiro atoms. The van der Waals surface area contributed by atoms with Crippen molar-refractivity contribution in [3.63, 3.8) is 0 Å². The smallest absolute Gasteiger partial charge is 0.406 e. The van der Waals surface area contributed by atoms with Crippen molar-refractivity contribution in [2.24, 2.45) is 0 Å². The predicted molar refractivity (Wildman–Crippen MR) is 79.8 cm³/mol. The largest absolute Gasteiger partial charge is 0.573 e. The highest BCUT2D eigenvalue weighted by Gasteiger charge is 2.31. The quantitative estimate of drug-likeness (QED) is 0.845. The Bertz CT molecular complexity index is 775. The summed E-state index contributed by atoms with van der Waals surface area (Å²) in [4.78, 5) is 12.0. The molecule has 9 heteroatoms. The van der Waals surface area contributed by atoms with Crippen LogP contribution in [0.1, 0.15) is 10.4 Å². The van der Waals surface area contributed by atoms with Gasteiger partial charge in [0.05, 0.1) is 15.7 Å². The van der Waals surface area contributed by atoms with Gasteiger partial charge in [0.25, 0.3) is 5.91 Å². The second-order valence-corrected chi connectivity index (χ2v) is 5.97. The van der Waals surface area contributed by atoms with E-state index < -0.39 is 34.6 Å². The van der Waals surface area contributed by atoms with Crippen molar-refractivity contribution in [3.05, 3.63) is 53.8 Å². The van der Waals surface area contributed by atoms with Crippen molar-refractivity contribution in [2.75, 3.05) is 11.6 Å². The molecule has 1 atom stereocenters. The molecule has 0 radical (unpaired) electrons. The SMILES string of the molecule is C[S@@](=O)c1ccc(NC(=O)c2ccc(OC(F)(F)F)cc2)cc1F. The molecule has 2 aromatic rings. The van der Waals surface area contributed by atoms with Gasteiger partial charge < -0.3 is 10.1 Å². The number of hydrogen-bond acceptors (Lipinski definition) is 3. The number of amides is 1. The van der Waals surface area contributed by atoms with Crippen molar-refractivity contribution < 1.29 is 31.3 Å². The van der Waals surface area contributed by atoms with E-state index in [-0.39, 0.29) is 16.1 Å². The number of rotatable bonds is 4. The predicted octanol–water partition coefficient (Wildman–Crippen LogP) is 3.71. The Morgan fingerprint density at radius 2 is 1.75 bits per heavy atom. The van der Waals surface area contributed by atoms with Gasteiger partial charge in [0, 0.05) is 17.5 Å². The maximum Gasteiger partial charge on any atom is 0.573 e. The Morgan fingerprint density at radius 1 is 1.12 bits per heavy atom. The second-order valence-electron chi connectivity index (χ2n) is 4.63. The molecule has 0 aliphatic carbocycles. The summed E-state index contributed by atoms with van der Waals surface area (Å²) >= 11 is 0. The lowest BCUT2D eigenvalue weighted by atomic mass is 10.2. The van der Waals surface area contributed by atoms with Crippen LogP contribution in [0.2, 0.25) is 0 Å². The number of anilines is 1. The van der Waals surface area contributed by atoms with Gasteiger partial charge in [0.2, 0.25) is 0 Å². The van der Waals surface area contributed by atoms with Crippen LogP contribution in [0.3, 0.4) is 0 Å². The molecule has 2 rings (SSSR count). The number of alkyl halides is 3. The van der Waals surface area contributed by atoms with Gasteiger partial charge in [-0.2, -0.15) is 0 Å². The fraction of sp³-hybridized carbons (Fsp3) is 0.133. The topological polar surface area (TPSA) is 55.4 Å². The molecule has 0 bridgehead atoms. The van der Waals surface area contributed by atoms with Gasteiger partial charge in [-0.05, 0) is 42.5 Å². The van der Waals surface area contributed by atoms with E-state index in [4.69, 9.17) is 0 Å². The van der Waals surface area contributed by atoms with Crippen LogP contribution in [0.5, 0.6) is 5.75 Å². The molecule has 0 aliphatic heterocycles. The summed E-state index contributed by atoms with van der Waals surface area (Å²) in [6, 6.07) is 7.93. The van der Waals surface area contributed by atoms with Crippen molar-refractivity contribution in [3.8, 4) is 5.75 Å². The summed E-state index contributed by atoms with van der Waals surface area (Å²) in [6.45, 7) is 0. The minimum Gasteiger partial charge on any atom is -0.406 e. The Hall–Kier alpha value is -2.42. The Labute approximate surface area is 136 Å². The fourth-order valence-corrected chi connectivity index (χ4v) is 2.42. The molecule has 1 N–H and O–H groups in total. The number of hydrogen-bond donors (Lipinski definition) is 1. The molecule has 0 fully saturated rings.